The zero-order valence-electron chi connectivity index (χ0n) is 12.3. The smallest absolute Gasteiger partial charge is 0.320 e. The first-order valence-electron chi connectivity index (χ1n) is 7.23. The Morgan fingerprint density at radius 1 is 1.50 bits per heavy atom. The number of rotatable bonds is 9. The van der Waals surface area contributed by atoms with Crippen LogP contribution in [-0.4, -0.2) is 60.9 Å². The predicted molar refractivity (Wildman–Crippen MR) is 73.5 cm³/mol. The number of carbonyl (C=O) groups excluding carboxylic acids is 1. The lowest BCUT2D eigenvalue weighted by Crippen LogP contribution is -2.45. The zero-order valence-corrected chi connectivity index (χ0v) is 12.3. The Labute approximate surface area is 120 Å². The Kier molecular flexibility index (Phi) is 7.54. The molecule has 2 unspecified atom stereocenters. The molecule has 0 bridgehead atoms. The standard InChI is InChI=1S/C14H25NO5/c1-3-5-12(14(17)18)15(8-7-13(16)19-2)10-11-6-4-9-20-11/h11-12H,3-10H2,1-2H3,(H,17,18). The van der Waals surface area contributed by atoms with Gasteiger partial charge in [-0.1, -0.05) is 13.3 Å². The topological polar surface area (TPSA) is 76.1 Å². The van der Waals surface area contributed by atoms with Crippen LogP contribution in [0.3, 0.4) is 0 Å². The molecule has 0 aromatic rings. The highest BCUT2D eigenvalue weighted by molar-refractivity contribution is 5.73. The van der Waals surface area contributed by atoms with Gasteiger partial charge in [-0.05, 0) is 19.3 Å². The van der Waals surface area contributed by atoms with Crippen molar-refractivity contribution in [3.05, 3.63) is 0 Å². The molecule has 0 aromatic carbocycles. The van der Waals surface area contributed by atoms with Crippen molar-refractivity contribution in [1.29, 1.82) is 0 Å². The molecule has 1 heterocycles. The minimum Gasteiger partial charge on any atom is -0.480 e. The Morgan fingerprint density at radius 2 is 2.25 bits per heavy atom. The molecule has 0 amide bonds. The summed E-state index contributed by atoms with van der Waals surface area (Å²) in [5.41, 5.74) is 0. The van der Waals surface area contributed by atoms with Crippen LogP contribution < -0.4 is 0 Å². The van der Waals surface area contributed by atoms with Gasteiger partial charge in [0, 0.05) is 19.7 Å². The van der Waals surface area contributed by atoms with E-state index in [2.05, 4.69) is 4.74 Å². The third kappa shape index (κ3) is 5.46. The predicted octanol–water partition coefficient (Wildman–Crippen LogP) is 1.28. The van der Waals surface area contributed by atoms with E-state index in [-0.39, 0.29) is 18.5 Å². The minimum absolute atomic E-state index is 0.0753. The Balaban J connectivity index is 2.64. The second-order valence-corrected chi connectivity index (χ2v) is 5.10. The van der Waals surface area contributed by atoms with E-state index in [1.165, 1.54) is 7.11 Å². The van der Waals surface area contributed by atoms with E-state index in [4.69, 9.17) is 4.74 Å². The van der Waals surface area contributed by atoms with Crippen LogP contribution in [0.25, 0.3) is 0 Å². The largest absolute Gasteiger partial charge is 0.480 e. The summed E-state index contributed by atoms with van der Waals surface area (Å²) in [5, 5.41) is 9.37. The highest BCUT2D eigenvalue weighted by Crippen LogP contribution is 2.17. The van der Waals surface area contributed by atoms with Crippen molar-refractivity contribution in [1.82, 2.24) is 4.90 Å². The lowest BCUT2D eigenvalue weighted by atomic mass is 10.1. The van der Waals surface area contributed by atoms with Gasteiger partial charge in [-0.2, -0.15) is 0 Å². The van der Waals surface area contributed by atoms with Crippen molar-refractivity contribution in [2.45, 2.75) is 51.2 Å². The molecule has 1 saturated heterocycles. The highest BCUT2D eigenvalue weighted by atomic mass is 16.5. The van der Waals surface area contributed by atoms with Gasteiger partial charge in [-0.3, -0.25) is 14.5 Å². The molecular formula is C14H25NO5. The number of ether oxygens (including phenoxy) is 2. The van der Waals surface area contributed by atoms with E-state index in [9.17, 15) is 14.7 Å². The second-order valence-electron chi connectivity index (χ2n) is 5.10. The molecular weight excluding hydrogens is 262 g/mol. The highest BCUT2D eigenvalue weighted by Gasteiger charge is 2.29. The Bertz CT molecular complexity index is 315. The molecule has 116 valence electrons. The van der Waals surface area contributed by atoms with Crippen molar-refractivity contribution in [2.75, 3.05) is 26.8 Å². The Hall–Kier alpha value is -1.14. The number of aliphatic carboxylic acids is 1. The lowest BCUT2D eigenvalue weighted by molar-refractivity contribution is -0.147. The van der Waals surface area contributed by atoms with Crippen molar-refractivity contribution in [3.8, 4) is 0 Å². The first-order valence-corrected chi connectivity index (χ1v) is 7.23. The van der Waals surface area contributed by atoms with Crippen LogP contribution in [0.15, 0.2) is 0 Å². The number of carbonyl (C=O) groups is 2. The number of methoxy groups -OCH3 is 1. The maximum absolute atomic E-state index is 11.4. The summed E-state index contributed by atoms with van der Waals surface area (Å²) in [6, 6.07) is -0.561. The SMILES string of the molecule is CCCC(C(=O)O)N(CCC(=O)OC)CC1CCCO1. The number of hydrogen-bond acceptors (Lipinski definition) is 5. The molecule has 20 heavy (non-hydrogen) atoms. The van der Waals surface area contributed by atoms with Gasteiger partial charge in [0.05, 0.1) is 19.6 Å². The summed E-state index contributed by atoms with van der Waals surface area (Å²) in [7, 11) is 1.34. The lowest BCUT2D eigenvalue weighted by Gasteiger charge is -2.30. The van der Waals surface area contributed by atoms with Crippen molar-refractivity contribution >= 4 is 11.9 Å². The van der Waals surface area contributed by atoms with E-state index in [1.54, 1.807) is 0 Å². The van der Waals surface area contributed by atoms with Crippen LogP contribution in [0.2, 0.25) is 0 Å². The fourth-order valence-electron chi connectivity index (χ4n) is 2.50. The average Bonchev–Trinajstić information content (AvgIpc) is 2.93. The van der Waals surface area contributed by atoms with Gasteiger partial charge < -0.3 is 14.6 Å². The molecule has 1 aliphatic rings. The fourth-order valence-corrected chi connectivity index (χ4v) is 2.50. The number of carboxylic acids is 1. The molecule has 1 rings (SSSR count). The van der Waals surface area contributed by atoms with Crippen LogP contribution in [-0.2, 0) is 19.1 Å². The molecule has 6 heteroatoms. The van der Waals surface area contributed by atoms with E-state index >= 15 is 0 Å². The molecule has 0 aromatic heterocycles. The first-order chi connectivity index (χ1) is 9.58. The van der Waals surface area contributed by atoms with Crippen LogP contribution in [0.4, 0.5) is 0 Å². The molecule has 1 aliphatic heterocycles. The zero-order chi connectivity index (χ0) is 15.0. The van der Waals surface area contributed by atoms with Crippen LogP contribution in [0.1, 0.15) is 39.0 Å². The van der Waals surface area contributed by atoms with Crippen molar-refractivity contribution < 1.29 is 24.2 Å². The van der Waals surface area contributed by atoms with Gasteiger partial charge in [-0.25, -0.2) is 0 Å². The summed E-state index contributed by atoms with van der Waals surface area (Å²) >= 11 is 0. The van der Waals surface area contributed by atoms with E-state index < -0.39 is 12.0 Å². The number of carboxylic acid groups (broad SMARTS) is 1. The van der Waals surface area contributed by atoms with Gasteiger partial charge in [0.2, 0.25) is 0 Å². The Morgan fingerprint density at radius 3 is 2.75 bits per heavy atom. The maximum atomic E-state index is 11.4. The monoisotopic (exact) mass is 287 g/mol. The summed E-state index contributed by atoms with van der Waals surface area (Å²) in [6.45, 7) is 3.65. The summed E-state index contributed by atoms with van der Waals surface area (Å²) in [6.07, 6.45) is 3.61. The minimum atomic E-state index is -0.838. The third-order valence-corrected chi connectivity index (χ3v) is 3.58. The molecule has 2 atom stereocenters. The van der Waals surface area contributed by atoms with Gasteiger partial charge in [0.15, 0.2) is 0 Å². The first kappa shape index (κ1) is 16.9. The van der Waals surface area contributed by atoms with Gasteiger partial charge >= 0.3 is 11.9 Å². The van der Waals surface area contributed by atoms with Crippen molar-refractivity contribution in [3.63, 3.8) is 0 Å². The van der Waals surface area contributed by atoms with E-state index in [0.29, 0.717) is 19.5 Å². The molecule has 1 fully saturated rings. The van der Waals surface area contributed by atoms with Crippen LogP contribution in [0.5, 0.6) is 0 Å². The van der Waals surface area contributed by atoms with Crippen molar-refractivity contribution in [2.24, 2.45) is 0 Å². The quantitative estimate of drug-likeness (QED) is 0.644. The maximum Gasteiger partial charge on any atom is 0.320 e. The number of nitrogens with zero attached hydrogens (tertiary/aromatic N) is 1. The number of esters is 1. The molecule has 1 N–H and O–H groups in total. The summed E-state index contributed by atoms with van der Waals surface area (Å²) in [5.74, 6) is -1.15. The average molecular weight is 287 g/mol. The molecule has 0 radical (unpaired) electrons. The normalized spacial score (nSPS) is 20.1. The molecule has 0 saturated carbocycles. The van der Waals surface area contributed by atoms with E-state index in [0.717, 1.165) is 25.9 Å². The van der Waals surface area contributed by atoms with E-state index in [1.807, 2.05) is 11.8 Å². The van der Waals surface area contributed by atoms with Gasteiger partial charge in [0.1, 0.15) is 6.04 Å². The number of hydrogen-bond donors (Lipinski definition) is 1. The fraction of sp³-hybridized carbons (Fsp3) is 0.857. The van der Waals surface area contributed by atoms with Crippen LogP contribution in [0, 0.1) is 0 Å². The molecule has 0 aliphatic carbocycles. The summed E-state index contributed by atoms with van der Waals surface area (Å²) in [4.78, 5) is 24.5. The second kappa shape index (κ2) is 8.92. The van der Waals surface area contributed by atoms with Crippen LogP contribution >= 0.6 is 0 Å². The summed E-state index contributed by atoms with van der Waals surface area (Å²) < 4.78 is 10.2. The third-order valence-electron chi connectivity index (χ3n) is 3.58. The van der Waals surface area contributed by atoms with Gasteiger partial charge in [0.25, 0.3) is 0 Å². The van der Waals surface area contributed by atoms with Gasteiger partial charge in [-0.15, -0.1) is 0 Å². The molecule has 0 spiro atoms. The molecule has 6 nitrogen and oxygen atoms in total.